The summed E-state index contributed by atoms with van der Waals surface area (Å²) < 4.78 is 0. The van der Waals surface area contributed by atoms with Gasteiger partial charge < -0.3 is 5.32 Å². The normalized spacial score (nSPS) is 16.8. The molecule has 5 heteroatoms. The van der Waals surface area contributed by atoms with Gasteiger partial charge in [0, 0.05) is 38.1 Å². The van der Waals surface area contributed by atoms with Crippen LogP contribution in [-0.4, -0.2) is 34.0 Å². The highest BCUT2D eigenvalue weighted by Gasteiger charge is 2.19. The molecule has 0 amide bonds. The molecule has 0 radical (unpaired) electrons. The van der Waals surface area contributed by atoms with Gasteiger partial charge in [-0.15, -0.1) is 0 Å². The van der Waals surface area contributed by atoms with Crippen LogP contribution in [0.4, 0.5) is 5.82 Å². The number of halogens is 1. The topological polar surface area (TPSA) is 41.0 Å². The second-order valence-electron chi connectivity index (χ2n) is 5.38. The van der Waals surface area contributed by atoms with E-state index in [0.717, 1.165) is 44.0 Å². The number of piperidine rings is 1. The lowest BCUT2D eigenvalue weighted by atomic mass is 10.0. The Hall–Kier alpha value is -1.65. The molecule has 1 saturated heterocycles. The predicted molar refractivity (Wildman–Crippen MR) is 85.4 cm³/mol. The first-order valence-corrected chi connectivity index (χ1v) is 7.68. The van der Waals surface area contributed by atoms with Crippen molar-refractivity contribution in [2.24, 2.45) is 0 Å². The molecule has 2 aromatic heterocycles. The summed E-state index contributed by atoms with van der Waals surface area (Å²) in [7, 11) is 0. The van der Waals surface area contributed by atoms with Crippen LogP contribution < -0.4 is 5.32 Å². The third-order valence-electron chi connectivity index (χ3n) is 3.78. The lowest BCUT2D eigenvalue weighted by Crippen LogP contribution is -2.38. The van der Waals surface area contributed by atoms with Crippen molar-refractivity contribution in [2.75, 3.05) is 18.4 Å². The van der Waals surface area contributed by atoms with Gasteiger partial charge >= 0.3 is 0 Å². The van der Waals surface area contributed by atoms with E-state index in [-0.39, 0.29) is 0 Å². The van der Waals surface area contributed by atoms with Crippen LogP contribution in [0.25, 0.3) is 0 Å². The molecular formula is C16H19ClN4. The molecule has 1 aliphatic heterocycles. The summed E-state index contributed by atoms with van der Waals surface area (Å²) in [5.41, 5.74) is 1.14. The van der Waals surface area contributed by atoms with E-state index >= 15 is 0 Å². The van der Waals surface area contributed by atoms with Gasteiger partial charge in [0.2, 0.25) is 0 Å². The fourth-order valence-corrected chi connectivity index (χ4v) is 2.74. The lowest BCUT2D eigenvalue weighted by molar-refractivity contribution is 0.209. The summed E-state index contributed by atoms with van der Waals surface area (Å²) >= 11 is 5.85. The Morgan fingerprint density at radius 2 is 2.00 bits per heavy atom. The van der Waals surface area contributed by atoms with Crippen LogP contribution in [0.2, 0.25) is 5.02 Å². The van der Waals surface area contributed by atoms with Crippen LogP contribution in [0.1, 0.15) is 18.5 Å². The quantitative estimate of drug-likeness (QED) is 0.941. The molecule has 2 aromatic rings. The second-order valence-corrected chi connectivity index (χ2v) is 5.81. The SMILES string of the molecule is Clc1ccc(NC2CCN(Cc3ccccn3)CC2)nc1. The molecule has 1 fully saturated rings. The molecule has 0 atom stereocenters. The van der Waals surface area contributed by atoms with Crippen molar-refractivity contribution in [3.05, 3.63) is 53.4 Å². The number of hydrogen-bond acceptors (Lipinski definition) is 4. The van der Waals surface area contributed by atoms with Crippen molar-refractivity contribution in [3.8, 4) is 0 Å². The lowest BCUT2D eigenvalue weighted by Gasteiger charge is -2.32. The molecule has 4 nitrogen and oxygen atoms in total. The molecule has 1 N–H and O–H groups in total. The molecule has 1 aliphatic rings. The molecule has 0 saturated carbocycles. The maximum Gasteiger partial charge on any atom is 0.126 e. The zero-order valence-electron chi connectivity index (χ0n) is 11.9. The average molecular weight is 303 g/mol. The maximum absolute atomic E-state index is 5.85. The Labute approximate surface area is 130 Å². The van der Waals surface area contributed by atoms with E-state index in [9.17, 15) is 0 Å². The largest absolute Gasteiger partial charge is 0.367 e. The minimum Gasteiger partial charge on any atom is -0.367 e. The van der Waals surface area contributed by atoms with Crippen LogP contribution in [0, 0.1) is 0 Å². The van der Waals surface area contributed by atoms with Crippen LogP contribution in [0.15, 0.2) is 42.7 Å². The zero-order valence-corrected chi connectivity index (χ0v) is 12.6. The van der Waals surface area contributed by atoms with Crippen LogP contribution >= 0.6 is 11.6 Å². The number of anilines is 1. The fourth-order valence-electron chi connectivity index (χ4n) is 2.63. The Morgan fingerprint density at radius 3 is 2.67 bits per heavy atom. The Morgan fingerprint density at radius 1 is 1.14 bits per heavy atom. The minimum atomic E-state index is 0.485. The van der Waals surface area contributed by atoms with E-state index in [1.165, 1.54) is 0 Å². The number of pyridine rings is 2. The summed E-state index contributed by atoms with van der Waals surface area (Å²) in [6.07, 6.45) is 5.78. The van der Waals surface area contributed by atoms with E-state index in [4.69, 9.17) is 11.6 Å². The highest BCUT2D eigenvalue weighted by atomic mass is 35.5. The molecule has 110 valence electrons. The fraction of sp³-hybridized carbons (Fsp3) is 0.375. The number of likely N-dealkylation sites (tertiary alicyclic amines) is 1. The van der Waals surface area contributed by atoms with Crippen molar-refractivity contribution in [3.63, 3.8) is 0 Å². The maximum atomic E-state index is 5.85. The van der Waals surface area contributed by atoms with Gasteiger partial charge in [-0.1, -0.05) is 17.7 Å². The van der Waals surface area contributed by atoms with Gasteiger partial charge in [-0.05, 0) is 37.1 Å². The number of nitrogens with zero attached hydrogens (tertiary/aromatic N) is 3. The summed E-state index contributed by atoms with van der Waals surface area (Å²) in [4.78, 5) is 11.1. The Kier molecular flexibility index (Phi) is 4.68. The van der Waals surface area contributed by atoms with E-state index in [2.05, 4.69) is 26.3 Å². The Balaban J connectivity index is 1.47. The zero-order chi connectivity index (χ0) is 14.5. The smallest absolute Gasteiger partial charge is 0.126 e. The molecule has 0 spiro atoms. The van der Waals surface area contributed by atoms with Gasteiger partial charge in [-0.25, -0.2) is 4.98 Å². The van der Waals surface area contributed by atoms with E-state index in [1.54, 1.807) is 6.20 Å². The summed E-state index contributed by atoms with van der Waals surface area (Å²) in [6, 6.07) is 10.4. The van der Waals surface area contributed by atoms with E-state index < -0.39 is 0 Å². The van der Waals surface area contributed by atoms with Gasteiger partial charge in [0.1, 0.15) is 5.82 Å². The summed E-state index contributed by atoms with van der Waals surface area (Å²) in [6.45, 7) is 3.11. The van der Waals surface area contributed by atoms with E-state index in [0.29, 0.717) is 11.1 Å². The van der Waals surface area contributed by atoms with Crippen molar-refractivity contribution in [2.45, 2.75) is 25.4 Å². The third-order valence-corrected chi connectivity index (χ3v) is 4.00. The first-order chi connectivity index (χ1) is 10.3. The van der Waals surface area contributed by atoms with Crippen LogP contribution in [0.5, 0.6) is 0 Å². The van der Waals surface area contributed by atoms with Crippen molar-refractivity contribution >= 4 is 17.4 Å². The highest BCUT2D eigenvalue weighted by Crippen LogP contribution is 2.17. The first kappa shape index (κ1) is 14.3. The molecule has 21 heavy (non-hydrogen) atoms. The summed E-state index contributed by atoms with van der Waals surface area (Å²) in [5.74, 6) is 0.905. The van der Waals surface area contributed by atoms with Crippen LogP contribution in [0.3, 0.4) is 0 Å². The van der Waals surface area contributed by atoms with Gasteiger partial charge in [0.05, 0.1) is 10.7 Å². The number of nitrogens with one attached hydrogen (secondary N) is 1. The van der Waals surface area contributed by atoms with Gasteiger partial charge in [0.15, 0.2) is 0 Å². The standard InChI is InChI=1S/C16H19ClN4/c17-13-4-5-16(19-11-13)20-14-6-9-21(10-7-14)12-15-3-1-2-8-18-15/h1-5,8,11,14H,6-7,9-10,12H2,(H,19,20). The van der Waals surface area contributed by atoms with Crippen molar-refractivity contribution in [1.82, 2.24) is 14.9 Å². The van der Waals surface area contributed by atoms with E-state index in [1.807, 2.05) is 30.5 Å². The third kappa shape index (κ3) is 4.16. The molecule has 0 aromatic carbocycles. The monoisotopic (exact) mass is 302 g/mol. The predicted octanol–water partition coefficient (Wildman–Crippen LogP) is 3.21. The Bertz CT molecular complexity index is 550. The summed E-state index contributed by atoms with van der Waals surface area (Å²) in [5, 5.41) is 4.15. The molecular weight excluding hydrogens is 284 g/mol. The van der Waals surface area contributed by atoms with Crippen molar-refractivity contribution in [1.29, 1.82) is 0 Å². The number of aromatic nitrogens is 2. The van der Waals surface area contributed by atoms with Gasteiger partial charge in [-0.2, -0.15) is 0 Å². The molecule has 3 rings (SSSR count). The van der Waals surface area contributed by atoms with Gasteiger partial charge in [-0.3, -0.25) is 9.88 Å². The number of rotatable bonds is 4. The highest BCUT2D eigenvalue weighted by molar-refractivity contribution is 6.30. The number of hydrogen-bond donors (Lipinski definition) is 1. The molecule has 0 unspecified atom stereocenters. The first-order valence-electron chi connectivity index (χ1n) is 7.30. The molecule has 0 aliphatic carbocycles. The molecule has 0 bridgehead atoms. The van der Waals surface area contributed by atoms with Crippen molar-refractivity contribution < 1.29 is 0 Å². The second kappa shape index (κ2) is 6.87. The average Bonchev–Trinajstić information content (AvgIpc) is 2.53. The van der Waals surface area contributed by atoms with Crippen LogP contribution in [-0.2, 0) is 6.54 Å². The van der Waals surface area contributed by atoms with Gasteiger partial charge in [0.25, 0.3) is 0 Å². The minimum absolute atomic E-state index is 0.485. The molecule has 3 heterocycles.